The van der Waals surface area contributed by atoms with Crippen molar-refractivity contribution in [3.05, 3.63) is 0 Å². The summed E-state index contributed by atoms with van der Waals surface area (Å²) < 4.78 is 2.45. The number of hydrogen-bond donors (Lipinski definition) is 1. The fourth-order valence-corrected chi connectivity index (χ4v) is 5.50. The zero-order valence-corrected chi connectivity index (χ0v) is 7.81. The van der Waals surface area contributed by atoms with Gasteiger partial charge < -0.3 is 0 Å². The summed E-state index contributed by atoms with van der Waals surface area (Å²) in [6.45, 7) is 2.37. The van der Waals surface area contributed by atoms with Crippen molar-refractivity contribution in [2.75, 3.05) is 9.48 Å². The Morgan fingerprint density at radius 1 is 1.75 bits per heavy atom. The SMILES string of the molecule is CC1CC1I(C)C[NH3+]. The van der Waals surface area contributed by atoms with Crippen LogP contribution in [0.15, 0.2) is 0 Å². The summed E-state index contributed by atoms with van der Waals surface area (Å²) in [6.07, 6.45) is 1.52. The second-order valence-electron chi connectivity index (χ2n) is 2.56. The molecule has 0 aromatic carbocycles. The molecule has 0 aromatic heterocycles. The van der Waals surface area contributed by atoms with E-state index >= 15 is 0 Å². The standard InChI is InChI=1S/C6H14IN/c1-5-3-6(5)7(2)4-8/h5-6H,3-4,8H2,1-2H3/p+1. The third-order valence-electron chi connectivity index (χ3n) is 1.79. The molecular formula is C6H15IN+. The molecule has 8 heavy (non-hydrogen) atoms. The van der Waals surface area contributed by atoms with Gasteiger partial charge in [0.1, 0.15) is 0 Å². The molecule has 0 radical (unpaired) electrons. The van der Waals surface area contributed by atoms with Crippen molar-refractivity contribution in [2.24, 2.45) is 5.92 Å². The summed E-state index contributed by atoms with van der Waals surface area (Å²) in [7, 11) is 0. The normalized spacial score (nSPS) is 37.1. The molecule has 3 N–H and O–H groups in total. The van der Waals surface area contributed by atoms with Crippen LogP contribution in [0.25, 0.3) is 0 Å². The molecule has 1 fully saturated rings. The van der Waals surface area contributed by atoms with Crippen LogP contribution in [0.3, 0.4) is 0 Å². The molecule has 1 aliphatic carbocycles. The maximum atomic E-state index is 3.95. The first kappa shape index (κ1) is 6.81. The molecule has 0 heterocycles. The number of rotatable bonds is 2. The summed E-state index contributed by atoms with van der Waals surface area (Å²) in [5.74, 6) is 1.08. The van der Waals surface area contributed by atoms with Gasteiger partial charge in [0.25, 0.3) is 0 Å². The van der Waals surface area contributed by atoms with Crippen LogP contribution in [0.1, 0.15) is 13.3 Å². The number of halogens is 1. The zero-order valence-electron chi connectivity index (χ0n) is 5.65. The van der Waals surface area contributed by atoms with Crippen LogP contribution in [0.4, 0.5) is 0 Å². The van der Waals surface area contributed by atoms with E-state index in [1.54, 1.807) is 0 Å². The molecule has 1 rings (SSSR count). The molecule has 1 aliphatic rings. The van der Waals surface area contributed by atoms with Crippen LogP contribution >= 0.6 is 19.8 Å². The van der Waals surface area contributed by atoms with Gasteiger partial charge in [-0.25, -0.2) is 0 Å². The van der Waals surface area contributed by atoms with Crippen LogP contribution in [-0.2, 0) is 0 Å². The molecule has 0 amide bonds. The van der Waals surface area contributed by atoms with Gasteiger partial charge in [-0.05, 0) is 0 Å². The minimum atomic E-state index is -0.465. The van der Waals surface area contributed by atoms with E-state index in [1.807, 2.05) is 0 Å². The van der Waals surface area contributed by atoms with Crippen LogP contribution in [0.2, 0.25) is 0 Å². The molecule has 0 bridgehead atoms. The van der Waals surface area contributed by atoms with Gasteiger partial charge in [-0.15, -0.1) is 0 Å². The van der Waals surface area contributed by atoms with E-state index in [-0.39, 0.29) is 0 Å². The summed E-state index contributed by atoms with van der Waals surface area (Å²) in [6, 6.07) is 0. The van der Waals surface area contributed by atoms with Crippen LogP contribution in [0.5, 0.6) is 0 Å². The van der Waals surface area contributed by atoms with Gasteiger partial charge in [-0.1, -0.05) is 0 Å². The maximum absolute atomic E-state index is 3.95. The molecule has 0 aliphatic heterocycles. The van der Waals surface area contributed by atoms with Gasteiger partial charge in [0.2, 0.25) is 0 Å². The first-order valence-electron chi connectivity index (χ1n) is 3.09. The van der Waals surface area contributed by atoms with E-state index < -0.39 is 19.8 Å². The monoisotopic (exact) mass is 228 g/mol. The Balaban J connectivity index is 2.18. The Morgan fingerprint density at radius 2 is 2.25 bits per heavy atom. The first-order chi connectivity index (χ1) is 3.75. The first-order valence-corrected chi connectivity index (χ1v) is 8.02. The third kappa shape index (κ3) is 1.35. The molecule has 0 spiro atoms. The van der Waals surface area contributed by atoms with Crippen molar-refractivity contribution in [1.82, 2.24) is 0 Å². The predicted molar refractivity (Wildman–Crippen MR) is 45.3 cm³/mol. The van der Waals surface area contributed by atoms with E-state index in [0.717, 1.165) is 5.92 Å². The molecule has 1 saturated carbocycles. The molecule has 2 unspecified atom stereocenters. The van der Waals surface area contributed by atoms with Gasteiger partial charge in [0.05, 0.1) is 0 Å². The van der Waals surface area contributed by atoms with Crippen LogP contribution in [-0.4, -0.2) is 13.4 Å². The number of alkyl halides is 3. The Hall–Kier alpha value is 0.690. The van der Waals surface area contributed by atoms with Gasteiger partial charge in [0.15, 0.2) is 0 Å². The van der Waals surface area contributed by atoms with Crippen LogP contribution in [0, 0.1) is 5.92 Å². The average molecular weight is 228 g/mol. The van der Waals surface area contributed by atoms with Gasteiger partial charge >= 0.3 is 58.2 Å². The van der Waals surface area contributed by atoms with Crippen molar-refractivity contribution in [3.8, 4) is 0 Å². The Kier molecular flexibility index (Phi) is 2.14. The van der Waals surface area contributed by atoms with Crippen molar-refractivity contribution in [2.45, 2.75) is 17.3 Å². The Bertz CT molecular complexity index is 82.6. The Morgan fingerprint density at radius 3 is 2.38 bits per heavy atom. The predicted octanol–water partition coefficient (Wildman–Crippen LogP) is 0.730. The van der Waals surface area contributed by atoms with Gasteiger partial charge in [0, 0.05) is 0 Å². The van der Waals surface area contributed by atoms with E-state index in [0.29, 0.717) is 0 Å². The van der Waals surface area contributed by atoms with E-state index in [2.05, 4.69) is 17.6 Å². The number of hydrogen-bond acceptors (Lipinski definition) is 0. The fourth-order valence-electron chi connectivity index (χ4n) is 0.936. The molecule has 50 valence electrons. The van der Waals surface area contributed by atoms with E-state index in [9.17, 15) is 0 Å². The quantitative estimate of drug-likeness (QED) is 0.410. The van der Waals surface area contributed by atoms with Crippen molar-refractivity contribution in [3.63, 3.8) is 0 Å². The summed E-state index contributed by atoms with van der Waals surface area (Å²) in [5, 5.41) is 0. The second-order valence-corrected chi connectivity index (χ2v) is 8.89. The molecule has 0 saturated heterocycles. The summed E-state index contributed by atoms with van der Waals surface area (Å²) >= 11 is -0.465. The zero-order chi connectivity index (χ0) is 6.15. The topological polar surface area (TPSA) is 27.6 Å². The third-order valence-corrected chi connectivity index (χ3v) is 7.96. The molecular weight excluding hydrogens is 213 g/mol. The van der Waals surface area contributed by atoms with E-state index in [1.165, 1.54) is 14.9 Å². The molecule has 0 aromatic rings. The van der Waals surface area contributed by atoms with Crippen molar-refractivity contribution < 1.29 is 5.73 Å². The fraction of sp³-hybridized carbons (Fsp3) is 1.00. The molecule has 2 atom stereocenters. The molecule has 2 heteroatoms. The van der Waals surface area contributed by atoms with Crippen molar-refractivity contribution >= 4 is 19.8 Å². The average Bonchev–Trinajstić information content (AvgIpc) is 2.45. The van der Waals surface area contributed by atoms with Crippen LogP contribution < -0.4 is 5.73 Å². The van der Waals surface area contributed by atoms with Gasteiger partial charge in [-0.2, -0.15) is 0 Å². The van der Waals surface area contributed by atoms with Crippen molar-refractivity contribution in [1.29, 1.82) is 0 Å². The minimum absolute atomic E-state index is 0.465. The summed E-state index contributed by atoms with van der Waals surface area (Å²) in [5.41, 5.74) is 3.95. The van der Waals surface area contributed by atoms with Gasteiger partial charge in [-0.3, -0.25) is 0 Å². The van der Waals surface area contributed by atoms with E-state index in [4.69, 9.17) is 0 Å². The number of quaternary nitrogens is 1. The Labute approximate surface area is 58.4 Å². The summed E-state index contributed by atoms with van der Waals surface area (Å²) in [4.78, 5) is 2.46. The molecule has 1 nitrogen and oxygen atoms in total. The second kappa shape index (κ2) is 2.52.